The Balaban J connectivity index is 2.04. The van der Waals surface area contributed by atoms with Gasteiger partial charge >= 0.3 is 5.97 Å². The van der Waals surface area contributed by atoms with Crippen LogP contribution in [0.2, 0.25) is 0 Å². The van der Waals surface area contributed by atoms with Crippen molar-refractivity contribution in [3.8, 4) is 0 Å². The fourth-order valence-electron chi connectivity index (χ4n) is 1.55. The lowest BCUT2D eigenvalue weighted by Gasteiger charge is -2.04. The van der Waals surface area contributed by atoms with Gasteiger partial charge in [-0.05, 0) is 35.4 Å². The molecule has 1 aromatic carbocycles. The molecule has 0 bridgehead atoms. The lowest BCUT2D eigenvalue weighted by atomic mass is 10.1. The maximum atomic E-state index is 13.9. The highest BCUT2D eigenvalue weighted by atomic mass is 32.2. The summed E-state index contributed by atoms with van der Waals surface area (Å²) in [5.74, 6) is -0.875. The number of aromatic nitrogens is 1. The minimum absolute atomic E-state index is 0.334. The highest BCUT2D eigenvalue weighted by molar-refractivity contribution is 7.98. The molecule has 0 unspecified atom stereocenters. The fourth-order valence-corrected chi connectivity index (χ4v) is 2.42. The molecule has 20 heavy (non-hydrogen) atoms. The van der Waals surface area contributed by atoms with Crippen molar-refractivity contribution in [1.29, 1.82) is 0 Å². The second-order valence-electron chi connectivity index (χ2n) is 3.99. The molecule has 0 fully saturated rings. The summed E-state index contributed by atoms with van der Waals surface area (Å²) >= 11 is 1.52. The Kier molecular flexibility index (Phi) is 4.90. The summed E-state index contributed by atoms with van der Waals surface area (Å²) in [6, 6.07) is 8.44. The first kappa shape index (κ1) is 14.3. The van der Waals surface area contributed by atoms with Crippen molar-refractivity contribution in [2.24, 2.45) is 0 Å². The van der Waals surface area contributed by atoms with Gasteiger partial charge in [-0.15, -0.1) is 11.8 Å². The van der Waals surface area contributed by atoms with E-state index in [-0.39, 0.29) is 5.82 Å². The van der Waals surface area contributed by atoms with Gasteiger partial charge in [0.1, 0.15) is 5.82 Å². The van der Waals surface area contributed by atoms with Crippen molar-refractivity contribution in [2.75, 3.05) is 0 Å². The van der Waals surface area contributed by atoms with Crippen molar-refractivity contribution in [1.82, 2.24) is 4.98 Å². The monoisotopic (exact) mass is 289 g/mol. The first-order valence-corrected chi connectivity index (χ1v) is 6.86. The van der Waals surface area contributed by atoms with Crippen LogP contribution in [0.15, 0.2) is 53.7 Å². The number of thioether (sulfide) groups is 1. The predicted octanol–water partition coefficient (Wildman–Crippen LogP) is 3.61. The number of halogens is 1. The van der Waals surface area contributed by atoms with E-state index in [0.29, 0.717) is 16.9 Å². The van der Waals surface area contributed by atoms with Crippen molar-refractivity contribution >= 4 is 23.8 Å². The first-order valence-electron chi connectivity index (χ1n) is 5.87. The summed E-state index contributed by atoms with van der Waals surface area (Å²) < 4.78 is 13.9. The molecule has 0 aliphatic rings. The quantitative estimate of drug-likeness (QED) is 0.675. The SMILES string of the molecule is O=C(O)/C=C/c1ccc(CSc2ccncc2)c(F)c1. The maximum Gasteiger partial charge on any atom is 0.328 e. The molecule has 0 saturated heterocycles. The van der Waals surface area contributed by atoms with Crippen LogP contribution in [0, 0.1) is 5.82 Å². The topological polar surface area (TPSA) is 50.2 Å². The largest absolute Gasteiger partial charge is 0.478 e. The number of rotatable bonds is 5. The maximum absolute atomic E-state index is 13.9. The minimum atomic E-state index is -1.05. The summed E-state index contributed by atoms with van der Waals surface area (Å²) in [6.45, 7) is 0. The molecule has 0 amide bonds. The number of carbonyl (C=O) groups is 1. The number of benzene rings is 1. The number of hydrogen-bond donors (Lipinski definition) is 1. The van der Waals surface area contributed by atoms with E-state index in [4.69, 9.17) is 5.11 Å². The van der Waals surface area contributed by atoms with Crippen LogP contribution in [0.4, 0.5) is 4.39 Å². The van der Waals surface area contributed by atoms with Gasteiger partial charge < -0.3 is 5.11 Å². The number of hydrogen-bond acceptors (Lipinski definition) is 3. The smallest absolute Gasteiger partial charge is 0.328 e. The van der Waals surface area contributed by atoms with Gasteiger partial charge in [-0.3, -0.25) is 4.98 Å². The molecule has 2 rings (SSSR count). The molecule has 0 spiro atoms. The summed E-state index contributed by atoms with van der Waals surface area (Å²) in [7, 11) is 0. The molecule has 0 radical (unpaired) electrons. The Morgan fingerprint density at radius 1 is 1.30 bits per heavy atom. The van der Waals surface area contributed by atoms with Crippen molar-refractivity contribution < 1.29 is 14.3 Å². The Labute approximate surface area is 120 Å². The molecule has 1 heterocycles. The second-order valence-corrected chi connectivity index (χ2v) is 5.04. The number of carboxylic acid groups (broad SMARTS) is 1. The summed E-state index contributed by atoms with van der Waals surface area (Å²) in [4.78, 5) is 15.3. The van der Waals surface area contributed by atoms with E-state index in [1.165, 1.54) is 23.9 Å². The van der Waals surface area contributed by atoms with Crippen LogP contribution in [0.5, 0.6) is 0 Å². The van der Waals surface area contributed by atoms with Crippen LogP contribution < -0.4 is 0 Å². The van der Waals surface area contributed by atoms with Crippen LogP contribution in [-0.2, 0) is 10.5 Å². The average Bonchev–Trinajstić information content (AvgIpc) is 2.45. The predicted molar refractivity (Wildman–Crippen MR) is 76.9 cm³/mol. The third kappa shape index (κ3) is 4.20. The summed E-state index contributed by atoms with van der Waals surface area (Å²) in [5, 5.41) is 8.52. The van der Waals surface area contributed by atoms with Crippen LogP contribution in [0.3, 0.4) is 0 Å². The molecular weight excluding hydrogens is 277 g/mol. The molecule has 1 N–H and O–H groups in total. The molecule has 0 aliphatic heterocycles. The van der Waals surface area contributed by atoms with Gasteiger partial charge in [-0.2, -0.15) is 0 Å². The van der Waals surface area contributed by atoms with Crippen LogP contribution in [0.1, 0.15) is 11.1 Å². The van der Waals surface area contributed by atoms with Gasteiger partial charge in [0.25, 0.3) is 0 Å². The van der Waals surface area contributed by atoms with Crippen molar-refractivity contribution in [3.63, 3.8) is 0 Å². The Bertz CT molecular complexity index is 629. The molecular formula is C15H12FNO2S. The third-order valence-electron chi connectivity index (χ3n) is 2.54. The van der Waals surface area contributed by atoms with Gasteiger partial charge in [-0.25, -0.2) is 9.18 Å². The fraction of sp³-hybridized carbons (Fsp3) is 0.0667. The van der Waals surface area contributed by atoms with Crippen LogP contribution in [0.25, 0.3) is 6.08 Å². The molecule has 102 valence electrons. The van der Waals surface area contributed by atoms with Gasteiger partial charge in [-0.1, -0.05) is 12.1 Å². The van der Waals surface area contributed by atoms with E-state index in [1.54, 1.807) is 24.5 Å². The Morgan fingerprint density at radius 2 is 2.05 bits per heavy atom. The summed E-state index contributed by atoms with van der Waals surface area (Å²) in [6.07, 6.45) is 5.74. The van der Waals surface area contributed by atoms with Gasteiger partial charge in [0.2, 0.25) is 0 Å². The van der Waals surface area contributed by atoms with E-state index in [0.717, 1.165) is 11.0 Å². The highest BCUT2D eigenvalue weighted by Gasteiger charge is 2.04. The number of pyridine rings is 1. The second kappa shape index (κ2) is 6.86. The standard InChI is InChI=1S/C15H12FNO2S/c16-14-9-11(2-4-15(18)19)1-3-12(14)10-20-13-5-7-17-8-6-13/h1-9H,10H2,(H,18,19)/b4-2+. The Morgan fingerprint density at radius 3 is 2.70 bits per heavy atom. The Hall–Kier alpha value is -2.14. The van der Waals surface area contributed by atoms with Crippen molar-refractivity contribution in [3.05, 3.63) is 65.7 Å². The number of aliphatic carboxylic acids is 1. The molecule has 2 aromatic rings. The van der Waals surface area contributed by atoms with Crippen molar-refractivity contribution in [2.45, 2.75) is 10.6 Å². The normalized spacial score (nSPS) is 10.8. The van der Waals surface area contributed by atoms with Crippen LogP contribution >= 0.6 is 11.8 Å². The molecule has 0 aliphatic carbocycles. The molecule has 5 heteroatoms. The molecule has 0 atom stereocenters. The van der Waals surface area contributed by atoms with E-state index in [9.17, 15) is 9.18 Å². The average molecular weight is 289 g/mol. The number of carboxylic acids is 1. The lowest BCUT2D eigenvalue weighted by Crippen LogP contribution is -1.90. The molecule has 1 aromatic heterocycles. The van der Waals surface area contributed by atoms with E-state index >= 15 is 0 Å². The third-order valence-corrected chi connectivity index (χ3v) is 3.60. The zero-order valence-corrected chi connectivity index (χ0v) is 11.3. The van der Waals surface area contributed by atoms with E-state index in [1.807, 2.05) is 12.1 Å². The summed E-state index contributed by atoms with van der Waals surface area (Å²) in [5.41, 5.74) is 1.11. The van der Waals surface area contributed by atoms with E-state index < -0.39 is 5.97 Å². The zero-order chi connectivity index (χ0) is 14.4. The van der Waals surface area contributed by atoms with Gasteiger partial charge in [0, 0.05) is 29.1 Å². The molecule has 0 saturated carbocycles. The lowest BCUT2D eigenvalue weighted by molar-refractivity contribution is -0.131. The first-order chi connectivity index (χ1) is 9.65. The molecule has 3 nitrogen and oxygen atoms in total. The zero-order valence-electron chi connectivity index (χ0n) is 10.5. The van der Waals surface area contributed by atoms with Gasteiger partial charge in [0.05, 0.1) is 0 Å². The number of nitrogens with zero attached hydrogens (tertiary/aromatic N) is 1. The highest BCUT2D eigenvalue weighted by Crippen LogP contribution is 2.24. The van der Waals surface area contributed by atoms with Gasteiger partial charge in [0.15, 0.2) is 0 Å². The van der Waals surface area contributed by atoms with Crippen LogP contribution in [-0.4, -0.2) is 16.1 Å². The minimum Gasteiger partial charge on any atom is -0.478 e. The van der Waals surface area contributed by atoms with E-state index in [2.05, 4.69) is 4.98 Å².